The molecule has 0 aromatic heterocycles. The zero-order valence-corrected chi connectivity index (χ0v) is 17.5. The summed E-state index contributed by atoms with van der Waals surface area (Å²) in [5.74, 6) is -0.964. The van der Waals surface area contributed by atoms with Crippen LogP contribution in [0.5, 0.6) is 0 Å². The van der Waals surface area contributed by atoms with Crippen molar-refractivity contribution >= 4 is 17.7 Å². The monoisotopic (exact) mass is 418 g/mol. The Morgan fingerprint density at radius 2 is 1.73 bits per heavy atom. The van der Waals surface area contributed by atoms with Crippen LogP contribution in [0.25, 0.3) is 0 Å². The summed E-state index contributed by atoms with van der Waals surface area (Å²) >= 11 is 0. The van der Waals surface area contributed by atoms with E-state index in [9.17, 15) is 24.6 Å². The van der Waals surface area contributed by atoms with Crippen molar-refractivity contribution in [1.82, 2.24) is 0 Å². The average molecular weight is 418 g/mol. The molecule has 0 saturated heterocycles. The Bertz CT molecular complexity index is 769. The fraction of sp³-hybridized carbons (Fsp3) is 0.522. The van der Waals surface area contributed by atoms with Crippen molar-refractivity contribution in [3.8, 4) is 0 Å². The van der Waals surface area contributed by atoms with Gasteiger partial charge >= 0.3 is 11.9 Å². The average Bonchev–Trinajstić information content (AvgIpc) is 3.03. The van der Waals surface area contributed by atoms with Gasteiger partial charge in [0.15, 0.2) is 5.78 Å². The van der Waals surface area contributed by atoms with Crippen LogP contribution in [0.3, 0.4) is 0 Å². The lowest BCUT2D eigenvalue weighted by atomic mass is 9.92. The minimum atomic E-state index is -1.35. The minimum Gasteiger partial charge on any atom is -0.469 e. The first kappa shape index (κ1) is 23.8. The van der Waals surface area contributed by atoms with Gasteiger partial charge in [-0.2, -0.15) is 0 Å². The quantitative estimate of drug-likeness (QED) is 0.420. The summed E-state index contributed by atoms with van der Waals surface area (Å²) in [4.78, 5) is 35.2. The smallest absolute Gasteiger partial charge is 0.305 e. The summed E-state index contributed by atoms with van der Waals surface area (Å²) in [6.07, 6.45) is 0.319. The minimum absolute atomic E-state index is 0.0227. The maximum Gasteiger partial charge on any atom is 0.305 e. The molecule has 2 rings (SSSR count). The van der Waals surface area contributed by atoms with Gasteiger partial charge in [0.05, 0.1) is 13.5 Å². The number of carbonyl (C=O) groups is 3. The molecule has 0 spiro atoms. The number of esters is 2. The molecule has 1 aliphatic carbocycles. The Morgan fingerprint density at radius 3 is 2.37 bits per heavy atom. The van der Waals surface area contributed by atoms with Crippen LogP contribution in [0, 0.1) is 0 Å². The van der Waals surface area contributed by atoms with Crippen LogP contribution in [-0.2, 0) is 23.9 Å². The molecular formula is C23H30O7. The van der Waals surface area contributed by atoms with Crippen molar-refractivity contribution in [1.29, 1.82) is 0 Å². The van der Waals surface area contributed by atoms with Crippen LogP contribution in [0.15, 0.2) is 41.5 Å². The van der Waals surface area contributed by atoms with Gasteiger partial charge in [-0.3, -0.25) is 14.4 Å². The summed E-state index contributed by atoms with van der Waals surface area (Å²) < 4.78 is 9.89. The van der Waals surface area contributed by atoms with Gasteiger partial charge in [0.2, 0.25) is 0 Å². The first-order chi connectivity index (χ1) is 14.3. The topological polar surface area (TPSA) is 110 Å². The molecule has 30 heavy (non-hydrogen) atoms. The Morgan fingerprint density at radius 1 is 1.07 bits per heavy atom. The van der Waals surface area contributed by atoms with Gasteiger partial charge in [-0.05, 0) is 24.8 Å². The predicted molar refractivity (Wildman–Crippen MR) is 109 cm³/mol. The molecular weight excluding hydrogens is 388 g/mol. The Hall–Kier alpha value is -2.51. The van der Waals surface area contributed by atoms with E-state index < -0.39 is 24.3 Å². The summed E-state index contributed by atoms with van der Waals surface area (Å²) in [6.45, 7) is 1.25. The Labute approximate surface area is 176 Å². The van der Waals surface area contributed by atoms with E-state index in [0.29, 0.717) is 42.4 Å². The number of Topliss-reactive ketones (excluding diaryl/α,β-unsaturated/α-hetero) is 1. The standard InChI is InChI=1S/C23H30O7/c1-15(24)30-19-14-18(25)17(12-8-3-4-9-13-20(26)29-2)21(19)23(28)22(27)16-10-6-5-7-11-16/h5-7,10-11,19,22-23,27-28H,3-4,8-9,12-14H2,1-2H3. The number of carbonyl (C=O) groups excluding carboxylic acids is 3. The fourth-order valence-electron chi connectivity index (χ4n) is 3.74. The third-order valence-electron chi connectivity index (χ3n) is 5.26. The number of benzene rings is 1. The summed E-state index contributed by atoms with van der Waals surface area (Å²) in [5.41, 5.74) is 1.23. The SMILES string of the molecule is COC(=O)CCCCCCC1=C(C(O)C(O)c2ccccc2)C(OC(C)=O)CC1=O. The summed E-state index contributed by atoms with van der Waals surface area (Å²) in [5, 5.41) is 21.5. The van der Waals surface area contributed by atoms with Crippen molar-refractivity contribution < 1.29 is 34.1 Å². The third-order valence-corrected chi connectivity index (χ3v) is 5.26. The van der Waals surface area contributed by atoms with Crippen molar-refractivity contribution in [2.75, 3.05) is 7.11 Å². The second-order valence-electron chi connectivity index (χ2n) is 7.45. The van der Waals surface area contributed by atoms with E-state index in [4.69, 9.17) is 4.74 Å². The van der Waals surface area contributed by atoms with Crippen LogP contribution in [0.1, 0.15) is 63.5 Å². The Balaban J connectivity index is 2.10. The van der Waals surface area contributed by atoms with Crippen LogP contribution in [0.2, 0.25) is 0 Å². The second-order valence-corrected chi connectivity index (χ2v) is 7.45. The van der Waals surface area contributed by atoms with Crippen LogP contribution in [-0.4, -0.2) is 47.3 Å². The molecule has 0 aliphatic heterocycles. The van der Waals surface area contributed by atoms with Gasteiger partial charge in [0.1, 0.15) is 18.3 Å². The van der Waals surface area contributed by atoms with E-state index in [0.717, 1.165) is 12.8 Å². The molecule has 0 fully saturated rings. The van der Waals surface area contributed by atoms with E-state index in [2.05, 4.69) is 4.74 Å². The fourth-order valence-corrected chi connectivity index (χ4v) is 3.74. The maximum absolute atomic E-state index is 12.6. The zero-order chi connectivity index (χ0) is 22.1. The molecule has 2 N–H and O–H groups in total. The number of ether oxygens (including phenoxy) is 2. The van der Waals surface area contributed by atoms with E-state index in [1.54, 1.807) is 30.3 Å². The van der Waals surface area contributed by atoms with E-state index in [1.807, 2.05) is 0 Å². The van der Waals surface area contributed by atoms with Crippen molar-refractivity contribution in [3.63, 3.8) is 0 Å². The molecule has 164 valence electrons. The molecule has 1 aliphatic rings. The molecule has 7 heteroatoms. The lowest BCUT2D eigenvalue weighted by Crippen LogP contribution is -2.29. The lowest BCUT2D eigenvalue weighted by molar-refractivity contribution is -0.145. The second kappa shape index (κ2) is 11.6. The van der Waals surface area contributed by atoms with Gasteiger partial charge < -0.3 is 19.7 Å². The molecule has 1 aromatic rings. The molecule has 0 heterocycles. The molecule has 1 aromatic carbocycles. The number of aliphatic hydroxyl groups is 2. The molecule has 0 radical (unpaired) electrons. The summed E-state index contributed by atoms with van der Waals surface area (Å²) in [6, 6.07) is 8.67. The molecule has 7 nitrogen and oxygen atoms in total. The number of hydrogen-bond donors (Lipinski definition) is 2. The molecule has 0 saturated carbocycles. The highest BCUT2D eigenvalue weighted by Crippen LogP contribution is 2.36. The van der Waals surface area contributed by atoms with Gasteiger partial charge in [-0.25, -0.2) is 0 Å². The number of hydrogen-bond acceptors (Lipinski definition) is 7. The normalized spacial score (nSPS) is 18.3. The number of allylic oxidation sites excluding steroid dienone is 1. The predicted octanol–water partition coefficient (Wildman–Crippen LogP) is 2.80. The lowest BCUT2D eigenvalue weighted by Gasteiger charge is -2.24. The molecule has 0 bridgehead atoms. The first-order valence-electron chi connectivity index (χ1n) is 10.3. The van der Waals surface area contributed by atoms with E-state index in [-0.39, 0.29) is 18.2 Å². The number of rotatable bonds is 11. The highest BCUT2D eigenvalue weighted by molar-refractivity contribution is 6.00. The summed E-state index contributed by atoms with van der Waals surface area (Å²) in [7, 11) is 1.36. The van der Waals surface area contributed by atoms with Gasteiger partial charge in [0, 0.05) is 24.5 Å². The van der Waals surface area contributed by atoms with Crippen LogP contribution < -0.4 is 0 Å². The molecule has 3 unspecified atom stereocenters. The number of methoxy groups -OCH3 is 1. The largest absolute Gasteiger partial charge is 0.469 e. The number of ketones is 1. The first-order valence-corrected chi connectivity index (χ1v) is 10.3. The Kier molecular flexibility index (Phi) is 9.20. The zero-order valence-electron chi connectivity index (χ0n) is 17.5. The van der Waals surface area contributed by atoms with Gasteiger partial charge in [0.25, 0.3) is 0 Å². The van der Waals surface area contributed by atoms with E-state index >= 15 is 0 Å². The van der Waals surface area contributed by atoms with Crippen LogP contribution >= 0.6 is 0 Å². The molecule has 0 amide bonds. The highest BCUT2D eigenvalue weighted by Gasteiger charge is 2.40. The number of aliphatic hydroxyl groups excluding tert-OH is 2. The van der Waals surface area contributed by atoms with Gasteiger partial charge in [-0.1, -0.05) is 43.2 Å². The van der Waals surface area contributed by atoms with Crippen molar-refractivity contribution in [2.24, 2.45) is 0 Å². The van der Waals surface area contributed by atoms with Crippen LogP contribution in [0.4, 0.5) is 0 Å². The number of unbranched alkanes of at least 4 members (excludes halogenated alkanes) is 3. The third kappa shape index (κ3) is 6.50. The van der Waals surface area contributed by atoms with Crippen molar-refractivity contribution in [2.45, 2.75) is 70.2 Å². The highest BCUT2D eigenvalue weighted by atomic mass is 16.5. The van der Waals surface area contributed by atoms with Crippen molar-refractivity contribution in [3.05, 3.63) is 47.0 Å². The van der Waals surface area contributed by atoms with E-state index in [1.165, 1.54) is 14.0 Å². The maximum atomic E-state index is 12.6. The molecule has 3 atom stereocenters. The van der Waals surface area contributed by atoms with Gasteiger partial charge in [-0.15, -0.1) is 0 Å².